The normalized spacial score (nSPS) is 14.7. The van der Waals surface area contributed by atoms with Crippen molar-refractivity contribution in [3.8, 4) is 0 Å². The number of carboxylic acid groups (broad SMARTS) is 2. The van der Waals surface area contributed by atoms with Crippen LogP contribution in [0.1, 0.15) is 32.1 Å². The summed E-state index contributed by atoms with van der Waals surface area (Å²) in [5.41, 5.74) is 0.786. The van der Waals surface area contributed by atoms with Crippen LogP contribution in [0.5, 0.6) is 0 Å². The van der Waals surface area contributed by atoms with Crippen molar-refractivity contribution in [3.05, 3.63) is 91.0 Å². The van der Waals surface area contributed by atoms with Crippen LogP contribution in [0.3, 0.4) is 0 Å². The van der Waals surface area contributed by atoms with Gasteiger partial charge in [-0.3, -0.25) is 0 Å². The second kappa shape index (κ2) is 10.9. The number of hydrogen-bond acceptors (Lipinski definition) is 2. The zero-order chi connectivity index (χ0) is 22.1. The fourth-order valence-electron chi connectivity index (χ4n) is 4.85. The maximum atomic E-state index is 9.10. The van der Waals surface area contributed by atoms with Gasteiger partial charge < -0.3 is 10.2 Å². The van der Waals surface area contributed by atoms with Crippen molar-refractivity contribution < 1.29 is 19.8 Å². The van der Waals surface area contributed by atoms with E-state index in [1.807, 2.05) is 0 Å². The Labute approximate surface area is 183 Å². The number of rotatable bonds is 4. The molecule has 1 saturated carbocycles. The number of aliphatic carboxylic acids is 2. The molecule has 1 fully saturated rings. The van der Waals surface area contributed by atoms with Crippen molar-refractivity contribution in [3.63, 3.8) is 0 Å². The average molecular weight is 436 g/mol. The second-order valence-electron chi connectivity index (χ2n) is 7.85. The molecule has 162 valence electrons. The van der Waals surface area contributed by atoms with E-state index in [0.29, 0.717) is 0 Å². The molecular formula is C26H29O4P. The summed E-state index contributed by atoms with van der Waals surface area (Å²) in [6.07, 6.45) is 6.90. The van der Waals surface area contributed by atoms with E-state index in [-0.39, 0.29) is 0 Å². The van der Waals surface area contributed by atoms with Crippen LogP contribution >= 0.6 is 7.26 Å². The Bertz CT molecular complexity index is 859. The minimum atomic E-state index is -2.02. The number of carbonyl (C=O) groups is 2. The van der Waals surface area contributed by atoms with E-state index in [1.165, 1.54) is 32.1 Å². The van der Waals surface area contributed by atoms with E-state index in [9.17, 15) is 0 Å². The van der Waals surface area contributed by atoms with Crippen molar-refractivity contribution >= 4 is 35.1 Å². The Morgan fingerprint density at radius 2 is 0.903 bits per heavy atom. The zero-order valence-corrected chi connectivity index (χ0v) is 18.5. The van der Waals surface area contributed by atoms with Gasteiger partial charge in [0.1, 0.15) is 0 Å². The molecule has 5 heteroatoms. The summed E-state index contributed by atoms with van der Waals surface area (Å²) < 4.78 is 0. The maximum absolute atomic E-state index is 9.10. The Morgan fingerprint density at radius 1 is 0.581 bits per heavy atom. The van der Waals surface area contributed by atoms with E-state index in [0.717, 1.165) is 5.66 Å². The van der Waals surface area contributed by atoms with Gasteiger partial charge in [0.25, 0.3) is 0 Å². The van der Waals surface area contributed by atoms with Crippen molar-refractivity contribution in [1.29, 1.82) is 0 Å². The van der Waals surface area contributed by atoms with Crippen LogP contribution in [-0.2, 0) is 9.59 Å². The summed E-state index contributed by atoms with van der Waals surface area (Å²) in [6, 6.07) is 34.2. The molecule has 0 radical (unpaired) electrons. The molecule has 0 saturated heterocycles. The van der Waals surface area contributed by atoms with E-state index < -0.39 is 19.2 Å². The first-order valence-corrected chi connectivity index (χ1v) is 12.8. The summed E-state index contributed by atoms with van der Waals surface area (Å²) in [5, 5.41) is 19.5. The molecule has 1 aliphatic carbocycles. The molecule has 4 nitrogen and oxygen atoms in total. The first-order chi connectivity index (χ1) is 15.1. The van der Waals surface area contributed by atoms with E-state index in [2.05, 4.69) is 91.0 Å². The molecule has 0 heterocycles. The molecule has 0 bridgehead atoms. The third-order valence-electron chi connectivity index (χ3n) is 6.09. The first-order valence-electron chi connectivity index (χ1n) is 10.7. The Morgan fingerprint density at radius 3 is 1.19 bits per heavy atom. The molecule has 31 heavy (non-hydrogen) atoms. The van der Waals surface area contributed by atoms with Gasteiger partial charge in [-0.05, 0) is 0 Å². The number of hydrogen-bond donors (Lipinski definition) is 2. The van der Waals surface area contributed by atoms with Crippen molar-refractivity contribution in [2.24, 2.45) is 0 Å². The molecule has 0 unspecified atom stereocenters. The summed E-state index contributed by atoms with van der Waals surface area (Å²) in [6.45, 7) is 0. The van der Waals surface area contributed by atoms with Crippen LogP contribution in [0, 0.1) is 0 Å². The van der Waals surface area contributed by atoms with Crippen LogP contribution in [0.25, 0.3) is 0 Å². The van der Waals surface area contributed by atoms with Gasteiger partial charge in [0.15, 0.2) is 0 Å². The molecule has 0 atom stereocenters. The van der Waals surface area contributed by atoms with E-state index in [4.69, 9.17) is 19.8 Å². The van der Waals surface area contributed by atoms with Crippen LogP contribution in [0.2, 0.25) is 0 Å². The number of benzene rings is 3. The predicted molar refractivity (Wildman–Crippen MR) is 129 cm³/mol. The fourth-order valence-corrected chi connectivity index (χ4v) is 10.7. The fraction of sp³-hybridized carbons (Fsp3) is 0.231. The monoisotopic (exact) mass is 436 g/mol. The average Bonchev–Trinajstić information content (AvgIpc) is 2.83. The van der Waals surface area contributed by atoms with Gasteiger partial charge in [0.05, 0.1) is 0 Å². The van der Waals surface area contributed by atoms with Gasteiger partial charge in [0.2, 0.25) is 0 Å². The SMILES string of the molecule is O=C(O)C(=O)O.c1ccc([PH](c2ccccc2)(c2ccccc2)C2CCCCC2)cc1. The van der Waals surface area contributed by atoms with Crippen LogP contribution in [0.15, 0.2) is 91.0 Å². The van der Waals surface area contributed by atoms with Crippen LogP contribution < -0.4 is 15.9 Å². The molecule has 4 rings (SSSR count). The second-order valence-corrected chi connectivity index (χ2v) is 12.0. The molecule has 3 aromatic rings. The van der Waals surface area contributed by atoms with E-state index >= 15 is 0 Å². The van der Waals surface area contributed by atoms with Gasteiger partial charge in [0, 0.05) is 0 Å². The molecule has 0 spiro atoms. The zero-order valence-electron chi connectivity index (χ0n) is 17.5. The molecule has 2 N–H and O–H groups in total. The van der Waals surface area contributed by atoms with Gasteiger partial charge in [-0.2, -0.15) is 0 Å². The van der Waals surface area contributed by atoms with Crippen LogP contribution in [0.4, 0.5) is 0 Å². The summed E-state index contributed by atoms with van der Waals surface area (Å²) in [5.74, 6) is -3.65. The quantitative estimate of drug-likeness (QED) is 0.475. The molecule has 3 aromatic carbocycles. The van der Waals surface area contributed by atoms with E-state index in [1.54, 1.807) is 15.9 Å². The first kappa shape index (κ1) is 22.7. The summed E-state index contributed by atoms with van der Waals surface area (Å²) in [7, 11) is -2.02. The van der Waals surface area contributed by atoms with Crippen LogP contribution in [-0.4, -0.2) is 27.8 Å². The molecule has 0 amide bonds. The van der Waals surface area contributed by atoms with Gasteiger partial charge >= 0.3 is 164 Å². The van der Waals surface area contributed by atoms with Crippen molar-refractivity contribution in [2.45, 2.75) is 37.8 Å². The standard InChI is InChI=1S/C24H27P.C2H2O4/c1-5-13-21(14-6-1)25(22-15-7-2-8-16-22,23-17-9-3-10-18-23)24-19-11-4-12-20-24;3-1(4)2(5)6/h1-3,5-10,13-18,24-25H,4,11-12,19-20H2;(H,3,4)(H,5,6). The number of carboxylic acids is 2. The van der Waals surface area contributed by atoms with Crippen molar-refractivity contribution in [1.82, 2.24) is 0 Å². The predicted octanol–water partition coefficient (Wildman–Crippen LogP) is 4.20. The summed E-state index contributed by atoms with van der Waals surface area (Å²) >= 11 is 0. The molecular weight excluding hydrogens is 407 g/mol. The molecule has 0 aliphatic heterocycles. The van der Waals surface area contributed by atoms with Gasteiger partial charge in [-0.15, -0.1) is 0 Å². The Kier molecular flexibility index (Phi) is 7.97. The Balaban J connectivity index is 0.000000401. The third kappa shape index (κ3) is 5.21. The van der Waals surface area contributed by atoms with Gasteiger partial charge in [-0.25, -0.2) is 9.59 Å². The molecule has 1 aliphatic rings. The molecule has 0 aromatic heterocycles. The Hall–Kier alpha value is -2.97. The van der Waals surface area contributed by atoms with Gasteiger partial charge in [-0.1, -0.05) is 0 Å². The van der Waals surface area contributed by atoms with Crippen molar-refractivity contribution in [2.75, 3.05) is 0 Å². The minimum absolute atomic E-state index is 0.786. The summed E-state index contributed by atoms with van der Waals surface area (Å²) in [4.78, 5) is 18.2. The third-order valence-corrected chi connectivity index (χ3v) is 11.6. The topological polar surface area (TPSA) is 74.6 Å².